The van der Waals surface area contributed by atoms with Gasteiger partial charge in [0.25, 0.3) is 0 Å². The van der Waals surface area contributed by atoms with Gasteiger partial charge in [0, 0.05) is 13.1 Å². The third-order valence-electron chi connectivity index (χ3n) is 3.16. The standard InChI is InChI=1S/C11H16F4N4/c1-10(2,3)6-7-17-18-9(11(14,15)8(12)13)19(7)5-4-16-6/h6,8,16H,4-5H2,1-3H3. The smallest absolute Gasteiger partial charge is 0.307 e. The molecule has 0 saturated heterocycles. The molecule has 1 aliphatic heterocycles. The number of hydrogen-bond acceptors (Lipinski definition) is 3. The summed E-state index contributed by atoms with van der Waals surface area (Å²) in [6, 6.07) is -0.295. The topological polar surface area (TPSA) is 42.7 Å². The number of alkyl halides is 4. The Balaban J connectivity index is 2.46. The maximum absolute atomic E-state index is 13.4. The summed E-state index contributed by atoms with van der Waals surface area (Å²) in [5, 5.41) is 10.1. The molecular formula is C11H16F4N4. The van der Waals surface area contributed by atoms with Gasteiger partial charge in [-0.05, 0) is 5.41 Å². The molecule has 1 aliphatic rings. The van der Waals surface area contributed by atoms with Crippen LogP contribution in [-0.2, 0) is 12.5 Å². The lowest BCUT2D eigenvalue weighted by Gasteiger charge is -2.34. The predicted molar refractivity (Wildman–Crippen MR) is 60.1 cm³/mol. The molecule has 0 radical (unpaired) electrons. The van der Waals surface area contributed by atoms with Crippen LogP contribution in [-0.4, -0.2) is 27.7 Å². The fourth-order valence-corrected chi connectivity index (χ4v) is 2.20. The first-order chi connectivity index (χ1) is 8.65. The minimum absolute atomic E-state index is 0.159. The second-order valence-electron chi connectivity index (χ2n) is 5.71. The van der Waals surface area contributed by atoms with Gasteiger partial charge in [-0.15, -0.1) is 10.2 Å². The number of nitrogens with zero attached hydrogens (tertiary/aromatic N) is 3. The molecule has 0 aromatic carbocycles. The van der Waals surface area contributed by atoms with Gasteiger partial charge in [-0.3, -0.25) is 0 Å². The van der Waals surface area contributed by atoms with Crippen molar-refractivity contribution in [2.24, 2.45) is 5.41 Å². The normalized spacial score (nSPS) is 20.7. The van der Waals surface area contributed by atoms with Crippen LogP contribution in [0, 0.1) is 5.41 Å². The van der Waals surface area contributed by atoms with Crippen molar-refractivity contribution in [1.29, 1.82) is 0 Å². The van der Waals surface area contributed by atoms with E-state index >= 15 is 0 Å². The van der Waals surface area contributed by atoms with E-state index in [1.54, 1.807) is 0 Å². The van der Waals surface area contributed by atoms with Crippen LogP contribution in [0.5, 0.6) is 0 Å². The van der Waals surface area contributed by atoms with E-state index in [0.29, 0.717) is 6.54 Å². The molecule has 1 unspecified atom stereocenters. The zero-order valence-corrected chi connectivity index (χ0v) is 10.9. The summed E-state index contributed by atoms with van der Waals surface area (Å²) >= 11 is 0. The Bertz CT molecular complexity index is 464. The van der Waals surface area contributed by atoms with Crippen molar-refractivity contribution in [1.82, 2.24) is 20.1 Å². The molecule has 0 amide bonds. The van der Waals surface area contributed by atoms with Crippen LogP contribution >= 0.6 is 0 Å². The number of aromatic nitrogens is 3. The number of rotatable bonds is 2. The molecule has 4 nitrogen and oxygen atoms in total. The molecule has 0 saturated carbocycles. The lowest BCUT2D eigenvalue weighted by molar-refractivity contribution is -0.143. The van der Waals surface area contributed by atoms with E-state index in [0.717, 1.165) is 4.57 Å². The fraction of sp³-hybridized carbons (Fsp3) is 0.818. The van der Waals surface area contributed by atoms with Crippen molar-refractivity contribution in [3.8, 4) is 0 Å². The van der Waals surface area contributed by atoms with Crippen molar-refractivity contribution in [2.75, 3.05) is 6.54 Å². The first kappa shape index (κ1) is 14.2. The summed E-state index contributed by atoms with van der Waals surface area (Å²) in [7, 11) is 0. The van der Waals surface area contributed by atoms with Gasteiger partial charge in [0.1, 0.15) is 0 Å². The van der Waals surface area contributed by atoms with E-state index in [2.05, 4.69) is 15.5 Å². The fourth-order valence-electron chi connectivity index (χ4n) is 2.20. The van der Waals surface area contributed by atoms with Crippen LogP contribution in [0.3, 0.4) is 0 Å². The van der Waals surface area contributed by atoms with Gasteiger partial charge in [0.05, 0.1) is 6.04 Å². The third kappa shape index (κ3) is 2.33. The van der Waals surface area contributed by atoms with Crippen LogP contribution in [0.1, 0.15) is 38.5 Å². The Morgan fingerprint density at radius 3 is 2.42 bits per heavy atom. The van der Waals surface area contributed by atoms with Crippen LogP contribution < -0.4 is 5.32 Å². The highest BCUT2D eigenvalue weighted by molar-refractivity contribution is 5.11. The quantitative estimate of drug-likeness (QED) is 0.845. The third-order valence-corrected chi connectivity index (χ3v) is 3.16. The number of fused-ring (bicyclic) bond motifs is 1. The molecule has 1 atom stereocenters. The van der Waals surface area contributed by atoms with E-state index in [9.17, 15) is 17.6 Å². The summed E-state index contributed by atoms with van der Waals surface area (Å²) < 4.78 is 52.8. The van der Waals surface area contributed by atoms with Gasteiger partial charge in [0.2, 0.25) is 5.82 Å². The molecule has 1 aromatic rings. The molecule has 8 heteroatoms. The molecule has 0 aliphatic carbocycles. The monoisotopic (exact) mass is 280 g/mol. The minimum Gasteiger partial charge on any atom is -0.307 e. The highest BCUT2D eigenvalue weighted by atomic mass is 19.3. The van der Waals surface area contributed by atoms with Crippen LogP contribution in [0.25, 0.3) is 0 Å². The highest BCUT2D eigenvalue weighted by Gasteiger charge is 2.49. The highest BCUT2D eigenvalue weighted by Crippen LogP contribution is 2.38. The van der Waals surface area contributed by atoms with Crippen LogP contribution in [0.2, 0.25) is 0 Å². The Morgan fingerprint density at radius 1 is 1.26 bits per heavy atom. The first-order valence-corrected chi connectivity index (χ1v) is 5.98. The van der Waals surface area contributed by atoms with E-state index in [-0.39, 0.29) is 23.8 Å². The summed E-state index contributed by atoms with van der Waals surface area (Å²) in [4.78, 5) is 0. The summed E-state index contributed by atoms with van der Waals surface area (Å²) in [5.41, 5.74) is -0.275. The van der Waals surface area contributed by atoms with E-state index < -0.39 is 18.2 Å². The first-order valence-electron chi connectivity index (χ1n) is 5.98. The number of halogens is 4. The zero-order chi connectivity index (χ0) is 14.4. The Morgan fingerprint density at radius 2 is 1.89 bits per heavy atom. The SMILES string of the molecule is CC(C)(C)C1NCCn2c1nnc2C(F)(F)C(F)F. The lowest BCUT2D eigenvalue weighted by atomic mass is 9.85. The molecule has 108 valence electrons. The van der Waals surface area contributed by atoms with Crippen molar-refractivity contribution < 1.29 is 17.6 Å². The molecule has 1 N–H and O–H groups in total. The van der Waals surface area contributed by atoms with Gasteiger partial charge >= 0.3 is 12.3 Å². The number of nitrogens with one attached hydrogen (secondary N) is 1. The number of hydrogen-bond donors (Lipinski definition) is 1. The van der Waals surface area contributed by atoms with E-state index in [1.807, 2.05) is 20.8 Å². The molecule has 2 rings (SSSR count). The second kappa shape index (κ2) is 4.43. The average Bonchev–Trinajstić information content (AvgIpc) is 2.70. The van der Waals surface area contributed by atoms with Gasteiger partial charge in [0.15, 0.2) is 5.82 Å². The van der Waals surface area contributed by atoms with E-state index in [4.69, 9.17) is 0 Å². The lowest BCUT2D eigenvalue weighted by Crippen LogP contribution is -2.42. The largest absolute Gasteiger partial charge is 0.365 e. The average molecular weight is 280 g/mol. The van der Waals surface area contributed by atoms with Crippen molar-refractivity contribution in [2.45, 2.75) is 45.7 Å². The molecule has 0 bridgehead atoms. The zero-order valence-electron chi connectivity index (χ0n) is 10.9. The van der Waals surface area contributed by atoms with Gasteiger partial charge < -0.3 is 9.88 Å². The second-order valence-corrected chi connectivity index (χ2v) is 5.71. The maximum Gasteiger partial charge on any atom is 0.365 e. The van der Waals surface area contributed by atoms with Gasteiger partial charge in [-0.1, -0.05) is 20.8 Å². The van der Waals surface area contributed by atoms with Crippen LogP contribution in [0.4, 0.5) is 17.6 Å². The Kier molecular flexibility index (Phi) is 3.32. The van der Waals surface area contributed by atoms with Gasteiger partial charge in [-0.2, -0.15) is 8.78 Å². The minimum atomic E-state index is -4.27. The molecule has 2 heterocycles. The maximum atomic E-state index is 13.4. The van der Waals surface area contributed by atoms with Gasteiger partial charge in [-0.25, -0.2) is 8.78 Å². The molecule has 19 heavy (non-hydrogen) atoms. The Hall–Kier alpha value is -1.18. The van der Waals surface area contributed by atoms with E-state index in [1.165, 1.54) is 0 Å². The van der Waals surface area contributed by atoms with Crippen molar-refractivity contribution in [3.05, 3.63) is 11.6 Å². The van der Waals surface area contributed by atoms with Crippen molar-refractivity contribution >= 4 is 0 Å². The Labute approximate surface area is 108 Å². The molecule has 0 spiro atoms. The van der Waals surface area contributed by atoms with Crippen molar-refractivity contribution in [3.63, 3.8) is 0 Å². The van der Waals surface area contributed by atoms with Crippen LogP contribution in [0.15, 0.2) is 0 Å². The summed E-state index contributed by atoms with van der Waals surface area (Å²) in [5.74, 6) is -4.94. The summed E-state index contributed by atoms with van der Waals surface area (Å²) in [6.45, 7) is 6.33. The molecule has 0 fully saturated rings. The summed E-state index contributed by atoms with van der Waals surface area (Å²) in [6.07, 6.45) is -3.79. The molecule has 1 aromatic heterocycles. The predicted octanol–water partition coefficient (Wildman–Crippen LogP) is 2.33. The molecular weight excluding hydrogens is 264 g/mol.